The molecule has 3 aliphatic carbocycles. The fraction of sp³-hybridized carbons (Fsp3) is 0.895. The van der Waals surface area contributed by atoms with Gasteiger partial charge >= 0.3 is 5.97 Å². The second kappa shape index (κ2) is 8.27. The maximum atomic E-state index is 11.1. The standard InChI is InChI=1S/C10H16O.C9H17NO2/c11-9-4-7-10(8-9)5-2-1-3-6-10;10-7-9(6-8(11)12)4-2-1-3-5-9/h1-8H2;1-7,10H2,(H,11,12). The number of carboxylic acid groups (broad SMARTS) is 1. The number of ketones is 1. The Kier molecular flexibility index (Phi) is 6.63. The van der Waals surface area contributed by atoms with E-state index in [-0.39, 0.29) is 11.8 Å². The molecule has 0 amide bonds. The van der Waals surface area contributed by atoms with Crippen molar-refractivity contribution in [2.24, 2.45) is 16.6 Å². The SMILES string of the molecule is NCC1(CC(=O)O)CCCCC1.O=C1CCC2(CCCCC2)C1. The molecule has 3 fully saturated rings. The van der Waals surface area contributed by atoms with Gasteiger partial charge in [-0.05, 0) is 49.5 Å². The van der Waals surface area contributed by atoms with Crippen LogP contribution in [0.15, 0.2) is 0 Å². The molecule has 23 heavy (non-hydrogen) atoms. The summed E-state index contributed by atoms with van der Waals surface area (Å²) in [5.41, 5.74) is 6.04. The average molecular weight is 323 g/mol. The predicted molar refractivity (Wildman–Crippen MR) is 91.2 cm³/mol. The molecule has 0 aromatic rings. The molecule has 0 aromatic carbocycles. The maximum absolute atomic E-state index is 11.1. The Balaban J connectivity index is 0.000000167. The number of rotatable bonds is 3. The van der Waals surface area contributed by atoms with Crippen molar-refractivity contribution >= 4 is 11.8 Å². The first-order valence-electron chi connectivity index (χ1n) is 9.43. The Morgan fingerprint density at radius 2 is 1.52 bits per heavy atom. The zero-order chi connectivity index (χ0) is 16.8. The Labute approximate surface area is 140 Å². The fourth-order valence-corrected chi connectivity index (χ4v) is 4.80. The van der Waals surface area contributed by atoms with Crippen molar-refractivity contribution in [1.82, 2.24) is 0 Å². The summed E-state index contributed by atoms with van der Waals surface area (Å²) >= 11 is 0. The molecule has 3 rings (SSSR count). The highest BCUT2D eigenvalue weighted by Crippen LogP contribution is 2.47. The molecule has 0 radical (unpaired) electrons. The lowest BCUT2D eigenvalue weighted by Crippen LogP contribution is -2.34. The Morgan fingerprint density at radius 1 is 0.957 bits per heavy atom. The van der Waals surface area contributed by atoms with Gasteiger partial charge in [-0.2, -0.15) is 0 Å². The summed E-state index contributed by atoms with van der Waals surface area (Å²) in [6.07, 6.45) is 15.6. The zero-order valence-electron chi connectivity index (χ0n) is 14.4. The number of Topliss-reactive ketones (excluding diaryl/α,β-unsaturated/α-hetero) is 1. The van der Waals surface area contributed by atoms with Crippen LogP contribution < -0.4 is 5.73 Å². The van der Waals surface area contributed by atoms with Crippen LogP contribution in [-0.2, 0) is 9.59 Å². The third-order valence-corrected chi connectivity index (χ3v) is 6.29. The Bertz CT molecular complexity index is 407. The fourth-order valence-electron chi connectivity index (χ4n) is 4.80. The smallest absolute Gasteiger partial charge is 0.303 e. The number of carboxylic acids is 1. The average Bonchev–Trinajstić information content (AvgIpc) is 2.89. The molecular formula is C19H33NO3. The summed E-state index contributed by atoms with van der Waals surface area (Å²) in [6.45, 7) is 0.527. The third-order valence-electron chi connectivity index (χ3n) is 6.29. The molecule has 1 spiro atoms. The monoisotopic (exact) mass is 323 g/mol. The first kappa shape index (κ1) is 18.4. The lowest BCUT2D eigenvalue weighted by atomic mass is 9.72. The van der Waals surface area contributed by atoms with Gasteiger partial charge in [-0.1, -0.05) is 38.5 Å². The minimum absolute atomic E-state index is 0.0793. The molecule has 3 saturated carbocycles. The summed E-state index contributed by atoms with van der Waals surface area (Å²) in [4.78, 5) is 21.7. The van der Waals surface area contributed by atoms with Crippen molar-refractivity contribution in [2.75, 3.05) is 6.54 Å². The second-order valence-corrected chi connectivity index (χ2v) is 8.11. The molecule has 132 valence electrons. The van der Waals surface area contributed by atoms with Crippen molar-refractivity contribution in [3.63, 3.8) is 0 Å². The van der Waals surface area contributed by atoms with Gasteiger partial charge in [-0.3, -0.25) is 9.59 Å². The van der Waals surface area contributed by atoms with Crippen LogP contribution in [-0.4, -0.2) is 23.4 Å². The molecule has 0 bridgehead atoms. The highest BCUT2D eigenvalue weighted by atomic mass is 16.4. The van der Waals surface area contributed by atoms with E-state index in [1.165, 1.54) is 44.9 Å². The molecular weight excluding hydrogens is 290 g/mol. The molecule has 0 unspecified atom stereocenters. The summed E-state index contributed by atoms with van der Waals surface area (Å²) in [7, 11) is 0. The quantitative estimate of drug-likeness (QED) is 0.820. The zero-order valence-corrected chi connectivity index (χ0v) is 14.4. The van der Waals surface area contributed by atoms with E-state index in [1.54, 1.807) is 0 Å². The first-order chi connectivity index (χ1) is 11.0. The number of hydrogen-bond donors (Lipinski definition) is 2. The van der Waals surface area contributed by atoms with E-state index >= 15 is 0 Å². The van der Waals surface area contributed by atoms with Crippen LogP contribution in [0.25, 0.3) is 0 Å². The lowest BCUT2D eigenvalue weighted by molar-refractivity contribution is -0.140. The van der Waals surface area contributed by atoms with Gasteiger partial charge in [-0.25, -0.2) is 0 Å². The molecule has 0 atom stereocenters. The van der Waals surface area contributed by atoms with Crippen LogP contribution in [0.5, 0.6) is 0 Å². The molecule has 4 nitrogen and oxygen atoms in total. The highest BCUT2D eigenvalue weighted by Gasteiger charge is 2.38. The van der Waals surface area contributed by atoms with Gasteiger partial charge in [0.15, 0.2) is 0 Å². The van der Waals surface area contributed by atoms with E-state index in [2.05, 4.69) is 0 Å². The van der Waals surface area contributed by atoms with E-state index in [9.17, 15) is 9.59 Å². The number of nitrogens with two attached hydrogens (primary N) is 1. The van der Waals surface area contributed by atoms with Crippen LogP contribution in [0.2, 0.25) is 0 Å². The largest absolute Gasteiger partial charge is 0.481 e. The molecule has 0 saturated heterocycles. The van der Waals surface area contributed by atoms with E-state index in [0.717, 1.165) is 38.5 Å². The minimum Gasteiger partial charge on any atom is -0.481 e. The first-order valence-corrected chi connectivity index (χ1v) is 9.43. The number of carbonyl (C=O) groups is 2. The van der Waals surface area contributed by atoms with Gasteiger partial charge in [0.25, 0.3) is 0 Å². The second-order valence-electron chi connectivity index (χ2n) is 8.11. The van der Waals surface area contributed by atoms with E-state index in [4.69, 9.17) is 10.8 Å². The lowest BCUT2D eigenvalue weighted by Gasteiger charge is -2.34. The third kappa shape index (κ3) is 5.30. The highest BCUT2D eigenvalue weighted by molar-refractivity contribution is 5.81. The van der Waals surface area contributed by atoms with E-state index in [1.807, 2.05) is 0 Å². The van der Waals surface area contributed by atoms with Gasteiger partial charge in [0, 0.05) is 12.8 Å². The van der Waals surface area contributed by atoms with Crippen molar-refractivity contribution < 1.29 is 14.7 Å². The van der Waals surface area contributed by atoms with Gasteiger partial charge in [0.2, 0.25) is 0 Å². The van der Waals surface area contributed by atoms with Crippen LogP contribution >= 0.6 is 0 Å². The minimum atomic E-state index is -0.706. The summed E-state index contributed by atoms with van der Waals surface area (Å²) in [5.74, 6) is -0.186. The number of hydrogen-bond acceptors (Lipinski definition) is 3. The normalized spacial score (nSPS) is 25.7. The summed E-state index contributed by atoms with van der Waals surface area (Å²) < 4.78 is 0. The molecule has 4 heteroatoms. The van der Waals surface area contributed by atoms with E-state index < -0.39 is 5.97 Å². The maximum Gasteiger partial charge on any atom is 0.303 e. The summed E-state index contributed by atoms with van der Waals surface area (Å²) in [6, 6.07) is 0. The Hall–Kier alpha value is -0.900. The van der Waals surface area contributed by atoms with Crippen molar-refractivity contribution in [2.45, 2.75) is 89.9 Å². The topological polar surface area (TPSA) is 80.4 Å². The van der Waals surface area contributed by atoms with Crippen LogP contribution in [0, 0.1) is 10.8 Å². The van der Waals surface area contributed by atoms with Crippen molar-refractivity contribution in [3.05, 3.63) is 0 Å². The van der Waals surface area contributed by atoms with Gasteiger partial charge in [0.05, 0.1) is 6.42 Å². The van der Waals surface area contributed by atoms with Crippen LogP contribution in [0.1, 0.15) is 89.9 Å². The summed E-state index contributed by atoms with van der Waals surface area (Å²) in [5, 5.41) is 8.71. The predicted octanol–water partition coefficient (Wildman–Crippen LogP) is 4.06. The molecule has 0 heterocycles. The molecule has 0 aliphatic heterocycles. The van der Waals surface area contributed by atoms with Crippen LogP contribution in [0.4, 0.5) is 0 Å². The molecule has 0 aromatic heterocycles. The van der Waals surface area contributed by atoms with Gasteiger partial charge in [0.1, 0.15) is 5.78 Å². The van der Waals surface area contributed by atoms with Gasteiger partial charge in [-0.15, -0.1) is 0 Å². The molecule has 3 aliphatic rings. The van der Waals surface area contributed by atoms with Gasteiger partial charge < -0.3 is 10.8 Å². The van der Waals surface area contributed by atoms with Crippen LogP contribution in [0.3, 0.4) is 0 Å². The Morgan fingerprint density at radius 3 is 1.96 bits per heavy atom. The van der Waals surface area contributed by atoms with E-state index in [0.29, 0.717) is 17.7 Å². The number of aliphatic carboxylic acids is 1. The van der Waals surface area contributed by atoms with Crippen molar-refractivity contribution in [3.8, 4) is 0 Å². The van der Waals surface area contributed by atoms with Crippen molar-refractivity contribution in [1.29, 1.82) is 0 Å². The number of carbonyl (C=O) groups excluding carboxylic acids is 1. The molecule has 3 N–H and O–H groups in total.